The Morgan fingerprint density at radius 3 is 2.50 bits per heavy atom. The van der Waals surface area contributed by atoms with Gasteiger partial charge in [-0.25, -0.2) is 14.4 Å². The number of hydrogen-bond acceptors (Lipinski definition) is 3. The van der Waals surface area contributed by atoms with Crippen molar-refractivity contribution >= 4 is 5.78 Å². The van der Waals surface area contributed by atoms with E-state index in [2.05, 4.69) is 9.97 Å². The van der Waals surface area contributed by atoms with Gasteiger partial charge in [0, 0.05) is 18.0 Å². The Morgan fingerprint density at radius 1 is 1.19 bits per heavy atom. The van der Waals surface area contributed by atoms with Crippen molar-refractivity contribution < 1.29 is 9.18 Å². The summed E-state index contributed by atoms with van der Waals surface area (Å²) in [7, 11) is 0. The van der Waals surface area contributed by atoms with Gasteiger partial charge in [0.25, 0.3) is 0 Å². The van der Waals surface area contributed by atoms with Crippen molar-refractivity contribution in [1.82, 2.24) is 9.97 Å². The summed E-state index contributed by atoms with van der Waals surface area (Å²) >= 11 is 0. The van der Waals surface area contributed by atoms with E-state index in [1.807, 2.05) is 0 Å². The lowest BCUT2D eigenvalue weighted by Gasteiger charge is -2.01. The van der Waals surface area contributed by atoms with Gasteiger partial charge >= 0.3 is 0 Å². The molecule has 16 heavy (non-hydrogen) atoms. The molecule has 0 saturated carbocycles. The summed E-state index contributed by atoms with van der Waals surface area (Å²) in [5, 5.41) is 0. The van der Waals surface area contributed by atoms with Crippen LogP contribution in [0.3, 0.4) is 0 Å². The zero-order valence-corrected chi connectivity index (χ0v) is 8.64. The van der Waals surface area contributed by atoms with E-state index in [1.165, 1.54) is 24.5 Å². The van der Waals surface area contributed by atoms with Crippen LogP contribution < -0.4 is 0 Å². The Labute approximate surface area is 92.0 Å². The van der Waals surface area contributed by atoms with E-state index in [0.717, 1.165) is 0 Å². The van der Waals surface area contributed by atoms with E-state index in [0.29, 0.717) is 5.56 Å². The summed E-state index contributed by atoms with van der Waals surface area (Å²) in [6.45, 7) is 1.73. The normalized spacial score (nSPS) is 10.1. The van der Waals surface area contributed by atoms with Gasteiger partial charge in [0.05, 0.1) is 0 Å². The SMILES string of the molecule is Cc1cc(F)cc(C(=O)c2ncccn2)c1. The topological polar surface area (TPSA) is 42.9 Å². The van der Waals surface area contributed by atoms with Gasteiger partial charge in [0.15, 0.2) is 0 Å². The number of benzene rings is 1. The van der Waals surface area contributed by atoms with Gasteiger partial charge in [-0.1, -0.05) is 0 Å². The molecular weight excluding hydrogens is 207 g/mol. The van der Waals surface area contributed by atoms with E-state index < -0.39 is 5.82 Å². The second-order valence-corrected chi connectivity index (χ2v) is 3.42. The minimum absolute atomic E-state index is 0.0764. The first-order valence-corrected chi connectivity index (χ1v) is 4.76. The van der Waals surface area contributed by atoms with Crippen LogP contribution in [0.5, 0.6) is 0 Å². The molecule has 0 saturated heterocycles. The fraction of sp³-hybridized carbons (Fsp3) is 0.0833. The number of nitrogens with zero attached hydrogens (tertiary/aromatic N) is 2. The molecule has 0 bridgehead atoms. The smallest absolute Gasteiger partial charge is 0.230 e. The van der Waals surface area contributed by atoms with Crippen LogP contribution in [0.4, 0.5) is 4.39 Å². The highest BCUT2D eigenvalue weighted by molar-refractivity contribution is 6.06. The van der Waals surface area contributed by atoms with Gasteiger partial charge in [-0.2, -0.15) is 0 Å². The molecule has 0 amide bonds. The second kappa shape index (κ2) is 4.18. The number of aromatic nitrogens is 2. The monoisotopic (exact) mass is 216 g/mol. The van der Waals surface area contributed by atoms with E-state index in [-0.39, 0.29) is 17.2 Å². The number of aryl methyl sites for hydroxylation is 1. The molecule has 0 radical (unpaired) electrons. The highest BCUT2D eigenvalue weighted by atomic mass is 19.1. The van der Waals surface area contributed by atoms with Gasteiger partial charge < -0.3 is 0 Å². The molecule has 2 rings (SSSR count). The molecule has 0 N–H and O–H groups in total. The predicted octanol–water partition coefficient (Wildman–Crippen LogP) is 2.16. The van der Waals surface area contributed by atoms with Crippen LogP contribution in [0.15, 0.2) is 36.7 Å². The minimum atomic E-state index is -0.431. The van der Waals surface area contributed by atoms with Crippen LogP contribution in [-0.2, 0) is 0 Å². The molecule has 0 spiro atoms. The van der Waals surface area contributed by atoms with Crippen LogP contribution in [0.2, 0.25) is 0 Å². The molecule has 3 nitrogen and oxygen atoms in total. The van der Waals surface area contributed by atoms with E-state index >= 15 is 0 Å². The van der Waals surface area contributed by atoms with Crippen molar-refractivity contribution in [2.24, 2.45) is 0 Å². The van der Waals surface area contributed by atoms with Crippen molar-refractivity contribution in [1.29, 1.82) is 0 Å². The molecule has 80 valence electrons. The highest BCUT2D eigenvalue weighted by Crippen LogP contribution is 2.11. The van der Waals surface area contributed by atoms with E-state index in [9.17, 15) is 9.18 Å². The summed E-state index contributed by atoms with van der Waals surface area (Å²) in [6.07, 6.45) is 2.96. The lowest BCUT2D eigenvalue weighted by atomic mass is 10.1. The number of carbonyl (C=O) groups is 1. The number of ketones is 1. The molecule has 1 aromatic carbocycles. The molecule has 0 unspecified atom stereocenters. The molecule has 0 aliphatic rings. The Bertz CT molecular complexity index is 506. The Balaban J connectivity index is 2.42. The van der Waals surface area contributed by atoms with Crippen LogP contribution in [0, 0.1) is 12.7 Å². The van der Waals surface area contributed by atoms with Gasteiger partial charge in [-0.3, -0.25) is 4.79 Å². The molecule has 0 atom stereocenters. The van der Waals surface area contributed by atoms with Crippen molar-refractivity contribution in [2.45, 2.75) is 6.92 Å². The van der Waals surface area contributed by atoms with Crippen LogP contribution >= 0.6 is 0 Å². The predicted molar refractivity (Wildman–Crippen MR) is 56.6 cm³/mol. The van der Waals surface area contributed by atoms with Gasteiger partial charge in [0.2, 0.25) is 11.6 Å². The third-order valence-electron chi connectivity index (χ3n) is 2.07. The maximum Gasteiger partial charge on any atom is 0.230 e. The quantitative estimate of drug-likeness (QED) is 0.722. The summed E-state index contributed by atoms with van der Waals surface area (Å²) in [4.78, 5) is 19.5. The number of rotatable bonds is 2. The van der Waals surface area contributed by atoms with Gasteiger partial charge in [-0.15, -0.1) is 0 Å². The lowest BCUT2D eigenvalue weighted by Crippen LogP contribution is -2.06. The minimum Gasteiger partial charge on any atom is -0.285 e. The zero-order valence-electron chi connectivity index (χ0n) is 8.64. The van der Waals surface area contributed by atoms with Crippen LogP contribution in [0.25, 0.3) is 0 Å². The third kappa shape index (κ3) is 2.11. The van der Waals surface area contributed by atoms with Crippen molar-refractivity contribution in [3.8, 4) is 0 Å². The molecule has 0 fully saturated rings. The average molecular weight is 216 g/mol. The standard InChI is InChI=1S/C12H9FN2O/c1-8-5-9(7-10(13)6-8)11(16)12-14-3-2-4-15-12/h2-7H,1H3. The molecule has 4 heteroatoms. The van der Waals surface area contributed by atoms with Crippen LogP contribution in [0.1, 0.15) is 21.7 Å². The first-order chi connectivity index (χ1) is 7.66. The number of halogens is 1. The zero-order chi connectivity index (χ0) is 11.5. The van der Waals surface area contributed by atoms with Crippen molar-refractivity contribution in [2.75, 3.05) is 0 Å². The summed E-state index contributed by atoms with van der Waals surface area (Å²) < 4.78 is 13.1. The molecule has 1 aromatic heterocycles. The fourth-order valence-corrected chi connectivity index (χ4v) is 1.41. The molecule has 1 heterocycles. The summed E-state index contributed by atoms with van der Waals surface area (Å²) in [6, 6.07) is 5.78. The fourth-order valence-electron chi connectivity index (χ4n) is 1.41. The lowest BCUT2D eigenvalue weighted by molar-refractivity contribution is 0.102. The highest BCUT2D eigenvalue weighted by Gasteiger charge is 2.12. The Morgan fingerprint density at radius 2 is 1.88 bits per heavy atom. The molecular formula is C12H9FN2O. The second-order valence-electron chi connectivity index (χ2n) is 3.42. The summed E-state index contributed by atoms with van der Waals surface area (Å²) in [5.41, 5.74) is 0.961. The molecule has 0 aliphatic carbocycles. The van der Waals surface area contributed by atoms with E-state index in [4.69, 9.17) is 0 Å². The number of carbonyl (C=O) groups excluding carboxylic acids is 1. The number of hydrogen-bond donors (Lipinski definition) is 0. The van der Waals surface area contributed by atoms with Crippen LogP contribution in [-0.4, -0.2) is 15.8 Å². The van der Waals surface area contributed by atoms with Gasteiger partial charge in [0.1, 0.15) is 5.82 Å². The third-order valence-corrected chi connectivity index (χ3v) is 2.07. The van der Waals surface area contributed by atoms with Gasteiger partial charge in [-0.05, 0) is 36.8 Å². The Hall–Kier alpha value is -2.10. The average Bonchev–Trinajstić information content (AvgIpc) is 2.28. The summed E-state index contributed by atoms with van der Waals surface area (Å²) in [5.74, 6) is -0.727. The Kier molecular flexibility index (Phi) is 2.72. The molecule has 2 aromatic rings. The first-order valence-electron chi connectivity index (χ1n) is 4.76. The van der Waals surface area contributed by atoms with Crippen molar-refractivity contribution in [3.63, 3.8) is 0 Å². The maximum absolute atomic E-state index is 13.1. The van der Waals surface area contributed by atoms with E-state index in [1.54, 1.807) is 19.1 Å². The van der Waals surface area contributed by atoms with Crippen molar-refractivity contribution in [3.05, 3.63) is 59.4 Å². The largest absolute Gasteiger partial charge is 0.285 e. The first kappa shape index (κ1) is 10.4. The maximum atomic E-state index is 13.1. The molecule has 0 aliphatic heterocycles.